The smallest absolute Gasteiger partial charge is 0.285 e. The van der Waals surface area contributed by atoms with Crippen LogP contribution in [0.25, 0.3) is 0 Å². The van der Waals surface area contributed by atoms with E-state index in [1.807, 2.05) is 66.7 Å². The third-order valence-corrected chi connectivity index (χ3v) is 5.64. The van der Waals surface area contributed by atoms with Gasteiger partial charge in [-0.3, -0.25) is 9.59 Å². The average Bonchev–Trinajstić information content (AvgIpc) is 2.72. The van der Waals surface area contributed by atoms with Crippen LogP contribution in [0.15, 0.2) is 77.7 Å². The molecule has 0 spiro atoms. The molecular weight excluding hydrogens is 384 g/mol. The van der Waals surface area contributed by atoms with E-state index in [-0.39, 0.29) is 11.1 Å². The van der Waals surface area contributed by atoms with E-state index < -0.39 is 5.92 Å². The quantitative estimate of drug-likeness (QED) is 0.599. The highest BCUT2D eigenvalue weighted by Crippen LogP contribution is 2.44. The Hall–Kier alpha value is -3.25. The summed E-state index contributed by atoms with van der Waals surface area (Å²) in [6.45, 7) is 0. The number of hydrogen-bond donors (Lipinski definition) is 1. The molecule has 0 unspecified atom stereocenters. The first-order valence-electron chi connectivity index (χ1n) is 9.18. The minimum Gasteiger partial charge on any atom is -0.457 e. The monoisotopic (exact) mass is 404 g/mol. The number of thioether (sulfide) groups is 1. The molecular formula is C23H20N2O3S. The van der Waals surface area contributed by atoms with Gasteiger partial charge in [-0.2, -0.15) is 0 Å². The van der Waals surface area contributed by atoms with Crippen LogP contribution in [0.4, 0.5) is 10.5 Å². The predicted octanol–water partition coefficient (Wildman–Crippen LogP) is 5.34. The molecule has 1 N–H and O–H groups in total. The fourth-order valence-electron chi connectivity index (χ4n) is 3.24. The van der Waals surface area contributed by atoms with Gasteiger partial charge in [0.2, 0.25) is 5.91 Å². The summed E-state index contributed by atoms with van der Waals surface area (Å²) in [7, 11) is 3.42. The van der Waals surface area contributed by atoms with E-state index in [1.54, 1.807) is 20.2 Å². The fourth-order valence-corrected chi connectivity index (χ4v) is 3.95. The summed E-state index contributed by atoms with van der Waals surface area (Å²) in [5.74, 6) is 0.754. The van der Waals surface area contributed by atoms with E-state index >= 15 is 0 Å². The number of fused-ring (bicyclic) bond motifs is 2. The molecule has 0 saturated carbocycles. The van der Waals surface area contributed by atoms with Gasteiger partial charge in [-0.1, -0.05) is 42.5 Å². The maximum atomic E-state index is 13.3. The van der Waals surface area contributed by atoms with Crippen molar-refractivity contribution in [2.75, 3.05) is 19.4 Å². The van der Waals surface area contributed by atoms with Crippen molar-refractivity contribution in [3.63, 3.8) is 0 Å². The molecule has 4 rings (SSSR count). The molecule has 0 saturated heterocycles. The normalized spacial score (nSPS) is 12.3. The van der Waals surface area contributed by atoms with Crippen LogP contribution in [-0.4, -0.2) is 30.1 Å². The van der Waals surface area contributed by atoms with E-state index in [2.05, 4.69) is 5.32 Å². The second-order valence-electron chi connectivity index (χ2n) is 6.89. The van der Waals surface area contributed by atoms with E-state index in [1.165, 1.54) is 4.90 Å². The second-order valence-corrected chi connectivity index (χ2v) is 7.91. The molecule has 3 aromatic rings. The zero-order valence-corrected chi connectivity index (χ0v) is 16.9. The minimum absolute atomic E-state index is 0.0687. The number of carbonyl (C=O) groups excluding carboxylic acids is 2. The molecule has 146 valence electrons. The molecule has 0 fully saturated rings. The number of amides is 2. The van der Waals surface area contributed by atoms with E-state index in [0.717, 1.165) is 27.8 Å². The number of hydrogen-bond acceptors (Lipinski definition) is 4. The largest absolute Gasteiger partial charge is 0.457 e. The van der Waals surface area contributed by atoms with Crippen LogP contribution in [0.5, 0.6) is 11.5 Å². The maximum Gasteiger partial charge on any atom is 0.285 e. The van der Waals surface area contributed by atoms with Crippen LogP contribution in [0.1, 0.15) is 17.0 Å². The molecule has 3 aromatic carbocycles. The van der Waals surface area contributed by atoms with Gasteiger partial charge in [0.15, 0.2) is 0 Å². The number of ether oxygens (including phenoxy) is 1. The first-order valence-corrected chi connectivity index (χ1v) is 10.0. The summed E-state index contributed by atoms with van der Waals surface area (Å²) < 4.78 is 5.97. The summed E-state index contributed by atoms with van der Waals surface area (Å²) in [5, 5.41) is 2.93. The van der Waals surface area contributed by atoms with E-state index in [9.17, 15) is 9.59 Å². The van der Waals surface area contributed by atoms with Gasteiger partial charge < -0.3 is 15.0 Å². The van der Waals surface area contributed by atoms with Crippen molar-refractivity contribution in [1.29, 1.82) is 0 Å². The van der Waals surface area contributed by atoms with Crippen molar-refractivity contribution in [3.8, 4) is 11.5 Å². The number of carbonyl (C=O) groups is 2. The average molecular weight is 404 g/mol. The SMILES string of the molecule is CN(C)C(=O)Sc1cccc(NC(=O)C2c3ccccc3Oc3ccccc32)c1. The summed E-state index contributed by atoms with van der Waals surface area (Å²) in [4.78, 5) is 27.5. The number of para-hydroxylation sites is 2. The highest BCUT2D eigenvalue weighted by molar-refractivity contribution is 8.13. The molecule has 0 aromatic heterocycles. The lowest BCUT2D eigenvalue weighted by atomic mass is 9.87. The van der Waals surface area contributed by atoms with Crippen molar-refractivity contribution >= 4 is 28.6 Å². The summed E-state index contributed by atoms with van der Waals surface area (Å²) in [6, 6.07) is 22.5. The first-order chi connectivity index (χ1) is 14.0. The molecule has 29 heavy (non-hydrogen) atoms. The van der Waals surface area contributed by atoms with Crippen LogP contribution in [0.3, 0.4) is 0 Å². The van der Waals surface area contributed by atoms with Crippen LogP contribution >= 0.6 is 11.8 Å². The molecule has 0 radical (unpaired) electrons. The third-order valence-electron chi connectivity index (χ3n) is 4.61. The Kier molecular flexibility index (Phi) is 5.27. The van der Waals surface area contributed by atoms with Crippen LogP contribution in [0.2, 0.25) is 0 Å². The van der Waals surface area contributed by atoms with Gasteiger partial charge in [0.05, 0.1) is 5.92 Å². The lowest BCUT2D eigenvalue weighted by Gasteiger charge is -2.27. The number of anilines is 1. The Morgan fingerprint density at radius 2 is 1.52 bits per heavy atom. The lowest BCUT2D eigenvalue weighted by molar-refractivity contribution is -0.116. The predicted molar refractivity (Wildman–Crippen MR) is 115 cm³/mol. The standard InChI is InChI=1S/C23H20N2O3S/c1-25(2)23(27)29-16-9-7-8-15(14-16)24-22(26)21-17-10-3-5-12-19(17)28-20-13-6-4-11-18(20)21/h3-14,21H,1-2H3,(H,24,26). The molecule has 5 nitrogen and oxygen atoms in total. The Morgan fingerprint density at radius 3 is 2.14 bits per heavy atom. The molecule has 0 aliphatic carbocycles. The summed E-state index contributed by atoms with van der Waals surface area (Å²) >= 11 is 1.12. The Morgan fingerprint density at radius 1 is 0.897 bits per heavy atom. The van der Waals surface area contributed by atoms with Crippen molar-refractivity contribution in [1.82, 2.24) is 4.90 Å². The third kappa shape index (κ3) is 3.98. The van der Waals surface area contributed by atoms with Gasteiger partial charge in [-0.05, 0) is 42.1 Å². The molecule has 0 atom stereocenters. The van der Waals surface area contributed by atoms with Crippen LogP contribution in [-0.2, 0) is 4.79 Å². The minimum atomic E-state index is -0.476. The lowest BCUT2D eigenvalue weighted by Crippen LogP contribution is -2.25. The molecule has 1 aliphatic heterocycles. The number of nitrogens with zero attached hydrogens (tertiary/aromatic N) is 1. The van der Waals surface area contributed by atoms with Crippen molar-refractivity contribution in [3.05, 3.63) is 83.9 Å². The van der Waals surface area contributed by atoms with Gasteiger partial charge in [0.25, 0.3) is 5.24 Å². The number of rotatable bonds is 3. The zero-order chi connectivity index (χ0) is 20.4. The highest BCUT2D eigenvalue weighted by Gasteiger charge is 2.32. The zero-order valence-electron chi connectivity index (χ0n) is 16.1. The second kappa shape index (κ2) is 8.01. The van der Waals surface area contributed by atoms with Gasteiger partial charge in [-0.15, -0.1) is 0 Å². The summed E-state index contributed by atoms with van der Waals surface area (Å²) in [6.07, 6.45) is 0. The van der Waals surface area contributed by atoms with Crippen LogP contribution in [0, 0.1) is 0 Å². The topological polar surface area (TPSA) is 58.6 Å². The van der Waals surface area contributed by atoms with Crippen molar-refractivity contribution < 1.29 is 14.3 Å². The summed E-state index contributed by atoms with van der Waals surface area (Å²) in [5.41, 5.74) is 2.31. The van der Waals surface area contributed by atoms with Gasteiger partial charge in [-0.25, -0.2) is 0 Å². The Labute approximate surface area is 173 Å². The van der Waals surface area contributed by atoms with Crippen LogP contribution < -0.4 is 10.1 Å². The first kappa shape index (κ1) is 19.1. The Balaban J connectivity index is 1.62. The molecule has 0 bridgehead atoms. The fraction of sp³-hybridized carbons (Fsp3) is 0.130. The van der Waals surface area contributed by atoms with Gasteiger partial charge in [0, 0.05) is 35.8 Å². The molecule has 6 heteroatoms. The Bertz CT molecular complexity index is 1040. The molecule has 1 aliphatic rings. The van der Waals surface area contributed by atoms with E-state index in [4.69, 9.17) is 4.74 Å². The maximum absolute atomic E-state index is 13.3. The number of benzene rings is 3. The van der Waals surface area contributed by atoms with Crippen molar-refractivity contribution in [2.45, 2.75) is 10.8 Å². The van der Waals surface area contributed by atoms with Gasteiger partial charge in [0.1, 0.15) is 11.5 Å². The van der Waals surface area contributed by atoms with Crippen molar-refractivity contribution in [2.24, 2.45) is 0 Å². The van der Waals surface area contributed by atoms with E-state index in [0.29, 0.717) is 17.2 Å². The molecule has 2 amide bonds. The number of nitrogens with one attached hydrogen (secondary N) is 1. The van der Waals surface area contributed by atoms with Gasteiger partial charge >= 0.3 is 0 Å². The molecule has 1 heterocycles. The highest BCUT2D eigenvalue weighted by atomic mass is 32.2.